The van der Waals surface area contributed by atoms with Gasteiger partial charge in [-0.15, -0.1) is 0 Å². The highest BCUT2D eigenvalue weighted by Gasteiger charge is 2.07. The second-order valence-corrected chi connectivity index (χ2v) is 2.10. The first-order chi connectivity index (χ1) is 5.77. The van der Waals surface area contributed by atoms with Gasteiger partial charge in [-0.1, -0.05) is 6.07 Å². The molecule has 0 unspecified atom stereocenters. The van der Waals surface area contributed by atoms with Crippen molar-refractivity contribution in [2.75, 3.05) is 7.11 Å². The van der Waals surface area contributed by atoms with Crippen LogP contribution in [0, 0.1) is 0 Å². The van der Waals surface area contributed by atoms with Gasteiger partial charge in [-0.25, -0.2) is 9.74 Å². The van der Waals surface area contributed by atoms with Crippen LogP contribution >= 0.6 is 0 Å². The van der Waals surface area contributed by atoms with Crippen molar-refractivity contribution in [2.45, 2.75) is 0 Å². The first-order valence-electron chi connectivity index (χ1n) is 3.25. The van der Waals surface area contributed by atoms with Gasteiger partial charge < -0.3 is 4.74 Å². The number of ether oxygens (including phenoxy) is 1. The Balaban J connectivity index is 2.93. The van der Waals surface area contributed by atoms with E-state index in [0.717, 1.165) is 0 Å². The predicted molar refractivity (Wildman–Crippen MR) is 39.5 cm³/mol. The zero-order valence-electron chi connectivity index (χ0n) is 6.41. The van der Waals surface area contributed by atoms with Crippen LogP contribution in [0.4, 0.5) is 4.53 Å². The summed E-state index contributed by atoms with van der Waals surface area (Å²) in [4.78, 5) is 13.7. The van der Waals surface area contributed by atoms with Gasteiger partial charge in [-0.2, -0.15) is 0 Å². The third-order valence-corrected chi connectivity index (χ3v) is 1.38. The van der Waals surface area contributed by atoms with Gasteiger partial charge in [0.25, 0.3) is 0 Å². The molecule has 0 atom stereocenters. The molecule has 0 aliphatic rings. The van der Waals surface area contributed by atoms with Crippen molar-refractivity contribution in [3.63, 3.8) is 0 Å². The fourth-order valence-electron chi connectivity index (χ4n) is 0.795. The molecule has 0 N–H and O–H groups in total. The molecule has 64 valence electrons. The minimum absolute atomic E-state index is 0.122. The van der Waals surface area contributed by atoms with E-state index in [0.29, 0.717) is 5.75 Å². The number of benzene rings is 1. The van der Waals surface area contributed by atoms with Gasteiger partial charge in [-0.3, -0.25) is 0 Å². The number of methoxy groups -OCH3 is 1. The van der Waals surface area contributed by atoms with Gasteiger partial charge in [0.05, 0.1) is 12.7 Å². The van der Waals surface area contributed by atoms with Crippen molar-refractivity contribution in [1.29, 1.82) is 0 Å². The summed E-state index contributed by atoms with van der Waals surface area (Å²) in [6, 6.07) is 6.05. The van der Waals surface area contributed by atoms with Crippen LogP contribution in [-0.2, 0) is 4.94 Å². The first kappa shape index (κ1) is 8.52. The van der Waals surface area contributed by atoms with E-state index in [1.807, 2.05) is 0 Å². The summed E-state index contributed by atoms with van der Waals surface area (Å²) < 4.78 is 16.2. The summed E-state index contributed by atoms with van der Waals surface area (Å²) in [7, 11) is 1.46. The molecule has 0 amide bonds. The largest absolute Gasteiger partial charge is 0.497 e. The van der Waals surface area contributed by atoms with Crippen LogP contribution in [0.1, 0.15) is 10.4 Å². The quantitative estimate of drug-likeness (QED) is 0.678. The van der Waals surface area contributed by atoms with Crippen molar-refractivity contribution in [3.8, 4) is 5.75 Å². The van der Waals surface area contributed by atoms with Crippen LogP contribution in [0.2, 0.25) is 0 Å². The number of halogens is 1. The van der Waals surface area contributed by atoms with Crippen LogP contribution in [0.25, 0.3) is 0 Å². The molecular formula is C8H7FO3. The molecule has 12 heavy (non-hydrogen) atoms. The fourth-order valence-corrected chi connectivity index (χ4v) is 0.795. The maximum absolute atomic E-state index is 11.4. The number of rotatable bonds is 2. The van der Waals surface area contributed by atoms with Gasteiger partial charge in [-0.05, 0) is 18.2 Å². The summed E-state index contributed by atoms with van der Waals surface area (Å²) in [6.45, 7) is 0. The van der Waals surface area contributed by atoms with E-state index < -0.39 is 5.97 Å². The highest BCUT2D eigenvalue weighted by Crippen LogP contribution is 2.13. The van der Waals surface area contributed by atoms with Crippen LogP contribution in [0.3, 0.4) is 0 Å². The van der Waals surface area contributed by atoms with Gasteiger partial charge in [0.15, 0.2) is 0 Å². The number of hydrogen-bond acceptors (Lipinski definition) is 3. The average Bonchev–Trinajstić information content (AvgIpc) is 2.17. The molecule has 1 aromatic carbocycles. The number of carbonyl (C=O) groups is 1. The van der Waals surface area contributed by atoms with Crippen molar-refractivity contribution in [1.82, 2.24) is 0 Å². The summed E-state index contributed by atoms with van der Waals surface area (Å²) in [5.74, 6) is -0.535. The van der Waals surface area contributed by atoms with Crippen molar-refractivity contribution >= 4 is 5.97 Å². The number of carbonyl (C=O) groups excluding carboxylic acids is 1. The summed E-state index contributed by atoms with van der Waals surface area (Å²) >= 11 is 0. The highest BCUT2D eigenvalue weighted by atomic mass is 19.3. The maximum atomic E-state index is 11.4. The Morgan fingerprint density at radius 2 is 2.25 bits per heavy atom. The zero-order valence-corrected chi connectivity index (χ0v) is 6.41. The Morgan fingerprint density at radius 3 is 2.83 bits per heavy atom. The Morgan fingerprint density at radius 1 is 1.50 bits per heavy atom. The third-order valence-electron chi connectivity index (χ3n) is 1.38. The normalized spacial score (nSPS) is 9.17. The van der Waals surface area contributed by atoms with Crippen molar-refractivity contribution in [3.05, 3.63) is 29.8 Å². The maximum Gasteiger partial charge on any atom is 0.379 e. The molecule has 1 rings (SSSR count). The molecule has 0 aromatic heterocycles. The summed E-state index contributed by atoms with van der Waals surface area (Å²) in [6.07, 6.45) is 0. The molecular weight excluding hydrogens is 163 g/mol. The molecule has 4 heteroatoms. The molecule has 0 saturated carbocycles. The molecule has 0 saturated heterocycles. The van der Waals surface area contributed by atoms with E-state index in [-0.39, 0.29) is 5.56 Å². The van der Waals surface area contributed by atoms with E-state index in [4.69, 9.17) is 4.74 Å². The minimum atomic E-state index is -1.02. The van der Waals surface area contributed by atoms with E-state index in [9.17, 15) is 9.32 Å². The lowest BCUT2D eigenvalue weighted by molar-refractivity contribution is -0.0788. The molecule has 3 nitrogen and oxygen atoms in total. The van der Waals surface area contributed by atoms with Crippen molar-refractivity contribution < 1.29 is 19.0 Å². The predicted octanol–water partition coefficient (Wildman–Crippen LogP) is 1.74. The molecule has 0 spiro atoms. The lowest BCUT2D eigenvalue weighted by atomic mass is 10.2. The minimum Gasteiger partial charge on any atom is -0.497 e. The number of hydrogen-bond donors (Lipinski definition) is 0. The summed E-state index contributed by atoms with van der Waals surface area (Å²) in [5, 5.41) is 0. The fraction of sp³-hybridized carbons (Fsp3) is 0.125. The SMILES string of the molecule is COc1cccc(C(=O)OF)c1. The van der Waals surface area contributed by atoms with Gasteiger partial charge >= 0.3 is 5.97 Å². The van der Waals surface area contributed by atoms with Crippen LogP contribution in [0.15, 0.2) is 24.3 Å². The standard InChI is InChI=1S/C8H7FO3/c1-11-7-4-2-3-6(5-7)8(10)12-9/h2-5H,1H3. The van der Waals surface area contributed by atoms with Crippen LogP contribution in [0.5, 0.6) is 5.75 Å². The van der Waals surface area contributed by atoms with Crippen LogP contribution in [-0.4, -0.2) is 13.1 Å². The van der Waals surface area contributed by atoms with Gasteiger partial charge in [0.1, 0.15) is 5.75 Å². The van der Waals surface area contributed by atoms with Crippen LogP contribution < -0.4 is 4.74 Å². The van der Waals surface area contributed by atoms with E-state index in [1.165, 1.54) is 19.2 Å². The van der Waals surface area contributed by atoms with Crippen molar-refractivity contribution in [2.24, 2.45) is 0 Å². The first-order valence-corrected chi connectivity index (χ1v) is 3.25. The molecule has 1 aromatic rings. The topological polar surface area (TPSA) is 35.5 Å². The van der Waals surface area contributed by atoms with Gasteiger partial charge in [0.2, 0.25) is 0 Å². The van der Waals surface area contributed by atoms with E-state index in [1.54, 1.807) is 12.1 Å². The van der Waals surface area contributed by atoms with Gasteiger partial charge in [0, 0.05) is 4.53 Å². The second-order valence-electron chi connectivity index (χ2n) is 2.10. The highest BCUT2D eigenvalue weighted by molar-refractivity contribution is 5.89. The molecule has 0 aliphatic heterocycles. The monoisotopic (exact) mass is 170 g/mol. The lowest BCUT2D eigenvalue weighted by Crippen LogP contribution is -1.98. The third kappa shape index (κ3) is 1.72. The van der Waals surface area contributed by atoms with E-state index >= 15 is 0 Å². The molecule has 0 radical (unpaired) electrons. The Hall–Kier alpha value is -1.58. The molecule has 0 heterocycles. The smallest absolute Gasteiger partial charge is 0.379 e. The Bertz CT molecular complexity index is 285. The molecule has 0 bridgehead atoms. The summed E-state index contributed by atoms with van der Waals surface area (Å²) in [5.41, 5.74) is 0.122. The van der Waals surface area contributed by atoms with E-state index in [2.05, 4.69) is 4.94 Å². The zero-order chi connectivity index (χ0) is 8.97. The Labute approximate surface area is 68.6 Å². The average molecular weight is 170 g/mol. The molecule has 0 aliphatic carbocycles. The lowest BCUT2D eigenvalue weighted by Gasteiger charge is -1.99. The Kier molecular flexibility index (Phi) is 2.63. The molecule has 0 fully saturated rings. The second kappa shape index (κ2) is 3.71.